The Morgan fingerprint density at radius 3 is 1.50 bits per heavy atom. The van der Waals surface area contributed by atoms with E-state index in [0.29, 0.717) is 0 Å². The summed E-state index contributed by atoms with van der Waals surface area (Å²) in [5.74, 6) is 0. The van der Waals surface area contributed by atoms with Crippen LogP contribution in [0.1, 0.15) is 0 Å². The zero-order chi connectivity index (χ0) is 6.24. The summed E-state index contributed by atoms with van der Waals surface area (Å²) in [6.07, 6.45) is 0. The predicted octanol–water partition coefficient (Wildman–Crippen LogP) is 2.00. The van der Waals surface area contributed by atoms with Crippen molar-refractivity contribution in [2.24, 2.45) is 0 Å². The van der Waals surface area contributed by atoms with Crippen molar-refractivity contribution >= 4 is 12.4 Å². The Hall–Kier alpha value is -0.377. The zero-order valence-electron chi connectivity index (χ0n) is 5.45. The second-order valence-electron chi connectivity index (χ2n) is 1.08. The molecular formula is C7H6ClNZn. The quantitative estimate of drug-likeness (QED) is 0.469. The first-order valence-corrected chi connectivity index (χ1v) is 2.13. The molecule has 48 valence electrons. The number of benzene rings is 1. The molecule has 0 aromatic heterocycles. The van der Waals surface area contributed by atoms with Crippen molar-refractivity contribution in [3.8, 4) is 0 Å². The largest absolute Gasteiger partial charge is 2.00 e. The van der Waals surface area contributed by atoms with Crippen LogP contribution in [0.5, 0.6) is 0 Å². The number of nitrogens with zero attached hydrogens (tertiary/aromatic N) is 1. The van der Waals surface area contributed by atoms with E-state index in [2.05, 4.69) is 6.07 Å². The Labute approximate surface area is 80.2 Å². The minimum absolute atomic E-state index is 0. The Bertz CT molecular complexity index is 114. The number of hydrogen-bond acceptors (Lipinski definition) is 1. The van der Waals surface area contributed by atoms with Crippen molar-refractivity contribution in [2.75, 3.05) is 0 Å². The van der Waals surface area contributed by atoms with Gasteiger partial charge in [-0.2, -0.15) is 36.4 Å². The van der Waals surface area contributed by atoms with E-state index >= 15 is 0 Å². The molecule has 0 unspecified atom stereocenters. The van der Waals surface area contributed by atoms with Gasteiger partial charge in [0.1, 0.15) is 0 Å². The molecule has 1 nitrogen and oxygen atoms in total. The molecule has 0 atom stereocenters. The predicted molar refractivity (Wildman–Crippen MR) is 37.5 cm³/mol. The number of rotatable bonds is 0. The van der Waals surface area contributed by atoms with Crippen molar-refractivity contribution < 1.29 is 19.5 Å². The molecule has 0 aliphatic heterocycles. The molecule has 0 amide bonds. The van der Waals surface area contributed by atoms with E-state index in [1.54, 1.807) is 0 Å². The monoisotopic (exact) mass is 203 g/mol. The van der Waals surface area contributed by atoms with Gasteiger partial charge < -0.3 is 11.8 Å². The van der Waals surface area contributed by atoms with Crippen molar-refractivity contribution in [1.29, 1.82) is 5.26 Å². The summed E-state index contributed by atoms with van der Waals surface area (Å²) in [4.78, 5) is 0. The third-order valence-corrected chi connectivity index (χ3v) is 0.607. The fourth-order valence-corrected chi connectivity index (χ4v) is 0.342. The third kappa shape index (κ3) is 10.6. The summed E-state index contributed by atoms with van der Waals surface area (Å²) >= 11 is 0. The van der Waals surface area contributed by atoms with Crippen LogP contribution < -0.4 is 0 Å². The van der Waals surface area contributed by atoms with E-state index < -0.39 is 0 Å². The second-order valence-corrected chi connectivity index (χ2v) is 1.08. The molecule has 1 aromatic rings. The van der Waals surface area contributed by atoms with E-state index in [0.717, 1.165) is 0 Å². The maximum absolute atomic E-state index is 6.25. The van der Waals surface area contributed by atoms with Crippen LogP contribution in [0.2, 0.25) is 0 Å². The van der Waals surface area contributed by atoms with Gasteiger partial charge in [0, 0.05) is 0 Å². The molecule has 0 N–H and O–H groups in total. The zero-order valence-corrected chi connectivity index (χ0v) is 9.23. The van der Waals surface area contributed by atoms with Gasteiger partial charge in [0.05, 0.1) is 0 Å². The van der Waals surface area contributed by atoms with Crippen LogP contribution in [0, 0.1) is 17.9 Å². The Kier molecular flexibility index (Phi) is 25.9. The van der Waals surface area contributed by atoms with Gasteiger partial charge in [0.15, 0.2) is 0 Å². The van der Waals surface area contributed by atoms with Crippen LogP contribution in [-0.4, -0.2) is 0 Å². The molecule has 0 aliphatic rings. The van der Waals surface area contributed by atoms with Crippen molar-refractivity contribution in [1.82, 2.24) is 0 Å². The van der Waals surface area contributed by atoms with Crippen molar-refractivity contribution in [3.05, 3.63) is 43.0 Å². The minimum atomic E-state index is 0. The van der Waals surface area contributed by atoms with E-state index in [9.17, 15) is 0 Å². The number of hydrogen-bond donors (Lipinski definition) is 0. The molecule has 3 heteroatoms. The maximum atomic E-state index is 6.25. The Morgan fingerprint density at radius 2 is 1.40 bits per heavy atom. The average molecular weight is 205 g/mol. The molecule has 0 spiro atoms. The molecule has 0 bridgehead atoms. The third-order valence-electron chi connectivity index (χ3n) is 0.607. The molecule has 0 fully saturated rings. The molecule has 10 heavy (non-hydrogen) atoms. The van der Waals surface area contributed by atoms with Gasteiger partial charge in [-0.3, -0.25) is 0 Å². The summed E-state index contributed by atoms with van der Waals surface area (Å²) < 4.78 is 0. The van der Waals surface area contributed by atoms with Crippen LogP contribution in [0.15, 0.2) is 30.3 Å². The van der Waals surface area contributed by atoms with Gasteiger partial charge in [-0.15, -0.1) is 12.4 Å². The summed E-state index contributed by atoms with van der Waals surface area (Å²) in [7, 11) is 0. The van der Waals surface area contributed by atoms with Gasteiger partial charge in [-0.1, -0.05) is 0 Å². The average Bonchev–Trinajstić information content (AvgIpc) is 1.96. The topological polar surface area (TPSA) is 23.8 Å². The molecule has 0 saturated heterocycles. The second kappa shape index (κ2) is 15.8. The summed E-state index contributed by atoms with van der Waals surface area (Å²) in [5.41, 5.74) is 0. The molecule has 1 rings (SSSR count). The maximum Gasteiger partial charge on any atom is 2.00 e. The molecule has 0 saturated carbocycles. The van der Waals surface area contributed by atoms with E-state index in [1.807, 2.05) is 30.3 Å². The fourth-order valence-electron chi connectivity index (χ4n) is 0.342. The molecule has 0 heterocycles. The van der Waals surface area contributed by atoms with Gasteiger partial charge in [0.25, 0.3) is 0 Å². The van der Waals surface area contributed by atoms with E-state index in [-0.39, 0.29) is 31.9 Å². The smallest absolute Gasteiger partial charge is 0.512 e. The van der Waals surface area contributed by atoms with Crippen LogP contribution >= 0.6 is 12.4 Å². The van der Waals surface area contributed by atoms with Gasteiger partial charge in [0.2, 0.25) is 0 Å². The van der Waals surface area contributed by atoms with Gasteiger partial charge in [-0.05, 0) is 0 Å². The molecule has 1 aromatic carbocycles. The summed E-state index contributed by atoms with van der Waals surface area (Å²) in [6, 6.07) is 12.5. The fraction of sp³-hybridized carbons (Fsp3) is 0. The van der Waals surface area contributed by atoms with Crippen LogP contribution in [0.3, 0.4) is 0 Å². The van der Waals surface area contributed by atoms with E-state index in [1.165, 1.54) is 0 Å². The normalized spacial score (nSPS) is 5.00. The minimum Gasteiger partial charge on any atom is -0.512 e. The Balaban J connectivity index is -0.000000114. The van der Waals surface area contributed by atoms with Gasteiger partial charge >= 0.3 is 19.5 Å². The van der Waals surface area contributed by atoms with Crippen molar-refractivity contribution in [3.63, 3.8) is 0 Å². The number of halogens is 1. The van der Waals surface area contributed by atoms with Crippen LogP contribution in [0.4, 0.5) is 0 Å². The van der Waals surface area contributed by atoms with Crippen LogP contribution in [-0.2, 0) is 19.5 Å². The van der Waals surface area contributed by atoms with E-state index in [4.69, 9.17) is 11.8 Å². The summed E-state index contributed by atoms with van der Waals surface area (Å²) in [5, 5.41) is 6.25. The molecular weight excluding hydrogens is 199 g/mol. The first-order chi connectivity index (χ1) is 4.00. The SMILES string of the molecule is Cl.[C-]#N.[Zn+2].[c-]1ccccc1. The standard InChI is InChI=1S/C6H5.CN.ClH.Zn/c1-2-4-6-5-3-1;1-2;;/h1-5H;;1H;/q2*-1;;+2. The first-order valence-electron chi connectivity index (χ1n) is 2.13. The van der Waals surface area contributed by atoms with Crippen molar-refractivity contribution in [2.45, 2.75) is 0 Å². The Morgan fingerprint density at radius 1 is 1.00 bits per heavy atom. The van der Waals surface area contributed by atoms with Gasteiger partial charge in [-0.25, -0.2) is 0 Å². The first kappa shape index (κ1) is 16.3. The summed E-state index contributed by atoms with van der Waals surface area (Å²) in [6.45, 7) is 4.75. The molecule has 0 radical (unpaired) electrons. The molecule has 0 aliphatic carbocycles. The van der Waals surface area contributed by atoms with Crippen LogP contribution in [0.25, 0.3) is 0 Å².